The first-order chi connectivity index (χ1) is 12.5. The van der Waals surface area contributed by atoms with Crippen molar-refractivity contribution in [1.29, 1.82) is 0 Å². The number of rotatable bonds is 7. The van der Waals surface area contributed by atoms with Gasteiger partial charge in [0.05, 0.1) is 5.92 Å². The number of alkyl halides is 1. The fourth-order valence-electron chi connectivity index (χ4n) is 3.89. The van der Waals surface area contributed by atoms with E-state index in [1.165, 1.54) is 10.4 Å². The van der Waals surface area contributed by atoms with Crippen molar-refractivity contribution in [3.05, 3.63) is 0 Å². The maximum absolute atomic E-state index is 14.5. The van der Waals surface area contributed by atoms with E-state index in [-0.39, 0.29) is 12.3 Å². The molecule has 0 aromatic rings. The maximum Gasteiger partial charge on any atom is 0.278 e. The number of unbranched alkanes of at least 4 members (excludes halogenated alkanes) is 1. The molecule has 0 aromatic carbocycles. The molecule has 2 unspecified atom stereocenters. The summed E-state index contributed by atoms with van der Waals surface area (Å²) in [4.78, 5) is 40.6. The minimum atomic E-state index is -2.12. The Morgan fingerprint density at radius 2 is 1.85 bits per heavy atom. The van der Waals surface area contributed by atoms with Gasteiger partial charge in [0.25, 0.3) is 5.91 Å². The van der Waals surface area contributed by atoms with Crippen LogP contribution >= 0.6 is 0 Å². The number of piperidine rings is 1. The highest BCUT2D eigenvalue weighted by molar-refractivity contribution is 5.92. The molecule has 3 atom stereocenters. The van der Waals surface area contributed by atoms with Crippen LogP contribution in [0.2, 0.25) is 0 Å². The van der Waals surface area contributed by atoms with Gasteiger partial charge in [-0.1, -0.05) is 19.8 Å². The second kappa shape index (κ2) is 9.85. The van der Waals surface area contributed by atoms with Gasteiger partial charge in [-0.25, -0.2) is 9.87 Å². The van der Waals surface area contributed by atoms with Gasteiger partial charge in [-0.15, -0.1) is 0 Å². The van der Waals surface area contributed by atoms with E-state index in [9.17, 15) is 18.8 Å². The fourth-order valence-corrected chi connectivity index (χ4v) is 3.89. The van der Waals surface area contributed by atoms with Gasteiger partial charge >= 0.3 is 0 Å². The molecule has 2 fully saturated rings. The first-order valence-corrected chi connectivity index (χ1v) is 9.68. The second-order valence-electron chi connectivity index (χ2n) is 7.20. The van der Waals surface area contributed by atoms with Crippen molar-refractivity contribution in [1.82, 2.24) is 15.3 Å². The molecule has 0 aromatic heterocycles. The first kappa shape index (κ1) is 20.6. The largest absolute Gasteiger partial charge is 0.341 e. The maximum atomic E-state index is 14.5. The molecule has 2 aliphatic heterocycles. The molecule has 26 heavy (non-hydrogen) atoms. The van der Waals surface area contributed by atoms with Gasteiger partial charge in [-0.2, -0.15) is 0 Å². The zero-order chi connectivity index (χ0) is 19.1. The predicted molar refractivity (Wildman–Crippen MR) is 93.0 cm³/mol. The minimum absolute atomic E-state index is 0.0631. The van der Waals surface area contributed by atoms with Gasteiger partial charge in [0.2, 0.25) is 11.8 Å². The third kappa shape index (κ3) is 4.72. The summed E-state index contributed by atoms with van der Waals surface area (Å²) >= 11 is 0. The van der Waals surface area contributed by atoms with Gasteiger partial charge in [0, 0.05) is 19.6 Å². The Morgan fingerprint density at radius 3 is 2.46 bits per heavy atom. The first-order valence-electron chi connectivity index (χ1n) is 9.68. The number of carbonyl (C=O) groups excluding carboxylic acids is 3. The lowest BCUT2D eigenvalue weighted by Crippen LogP contribution is -2.52. The highest BCUT2D eigenvalue weighted by Crippen LogP contribution is 2.27. The number of hydrogen-bond donors (Lipinski definition) is 2. The Labute approximate surface area is 153 Å². The minimum Gasteiger partial charge on any atom is -0.341 e. The Morgan fingerprint density at radius 1 is 1.15 bits per heavy atom. The zero-order valence-electron chi connectivity index (χ0n) is 15.5. The third-order valence-electron chi connectivity index (χ3n) is 5.39. The molecule has 2 aliphatic rings. The zero-order valence-corrected chi connectivity index (χ0v) is 15.5. The van der Waals surface area contributed by atoms with E-state index in [0.29, 0.717) is 38.9 Å². The summed E-state index contributed by atoms with van der Waals surface area (Å²) in [5, 5.41) is 8.71. The van der Waals surface area contributed by atoms with Crippen LogP contribution in [0.25, 0.3) is 0 Å². The van der Waals surface area contributed by atoms with Crippen LogP contribution < -0.4 is 5.48 Å². The van der Waals surface area contributed by atoms with E-state index in [2.05, 4.69) is 0 Å². The van der Waals surface area contributed by atoms with Crippen molar-refractivity contribution in [3.63, 3.8) is 0 Å². The molecule has 0 spiro atoms. The Bertz CT molecular complexity index is 511. The van der Waals surface area contributed by atoms with E-state index in [1.807, 2.05) is 6.92 Å². The summed E-state index contributed by atoms with van der Waals surface area (Å²) in [6.45, 7) is 3.73. The number of amides is 3. The van der Waals surface area contributed by atoms with E-state index in [4.69, 9.17) is 5.21 Å². The third-order valence-corrected chi connectivity index (χ3v) is 5.39. The lowest BCUT2D eigenvalue weighted by Gasteiger charge is -2.34. The molecule has 2 rings (SSSR count). The normalized spacial score (nSPS) is 22.8. The lowest BCUT2D eigenvalue weighted by molar-refractivity contribution is -0.151. The standard InChI is InChI=1S/C18H30FN3O4/c1-2-3-8-13(15(19)16(23)20-26)17(24)22-12-7-9-14(22)18(25)21-10-5-4-6-11-21/h13-15,26H,2-12H2,1H3,(H,20,23)/t13?,14-,15?/m0/s1. The van der Waals surface area contributed by atoms with E-state index < -0.39 is 29.9 Å². The SMILES string of the molecule is CCCCC(C(=O)N1CCC[C@H]1C(=O)N1CCCCC1)C(F)C(=O)NO. The van der Waals surface area contributed by atoms with Gasteiger partial charge in [0.15, 0.2) is 6.17 Å². The summed E-state index contributed by atoms with van der Waals surface area (Å²) in [6.07, 6.45) is 3.75. The van der Waals surface area contributed by atoms with Gasteiger partial charge in [-0.3, -0.25) is 19.6 Å². The van der Waals surface area contributed by atoms with Crippen molar-refractivity contribution in [2.45, 2.75) is 70.5 Å². The van der Waals surface area contributed by atoms with E-state index in [0.717, 1.165) is 25.7 Å². The summed E-state index contributed by atoms with van der Waals surface area (Å²) in [7, 11) is 0. The molecule has 0 bridgehead atoms. The molecule has 2 heterocycles. The van der Waals surface area contributed by atoms with Crippen LogP contribution in [0.3, 0.4) is 0 Å². The fraction of sp³-hybridized carbons (Fsp3) is 0.833. The molecule has 0 radical (unpaired) electrons. The van der Waals surface area contributed by atoms with Gasteiger partial charge in [0.1, 0.15) is 6.04 Å². The van der Waals surface area contributed by atoms with Crippen molar-refractivity contribution < 1.29 is 24.0 Å². The molecule has 0 aliphatic carbocycles. The van der Waals surface area contributed by atoms with Crippen LogP contribution in [-0.2, 0) is 14.4 Å². The monoisotopic (exact) mass is 371 g/mol. The number of nitrogens with one attached hydrogen (secondary N) is 1. The molecule has 0 saturated carbocycles. The van der Waals surface area contributed by atoms with Crippen molar-refractivity contribution in [3.8, 4) is 0 Å². The predicted octanol–water partition coefficient (Wildman–Crippen LogP) is 1.64. The van der Waals surface area contributed by atoms with E-state index in [1.54, 1.807) is 4.90 Å². The summed E-state index contributed by atoms with van der Waals surface area (Å²) in [6, 6.07) is -0.561. The van der Waals surface area contributed by atoms with Crippen LogP contribution in [0, 0.1) is 5.92 Å². The molecule has 7 nitrogen and oxygen atoms in total. The summed E-state index contributed by atoms with van der Waals surface area (Å²) < 4.78 is 14.5. The van der Waals surface area contributed by atoms with Crippen molar-refractivity contribution >= 4 is 17.7 Å². The molecule has 2 saturated heterocycles. The van der Waals surface area contributed by atoms with Crippen molar-refractivity contribution in [2.24, 2.45) is 5.92 Å². The van der Waals surface area contributed by atoms with Crippen LogP contribution in [0.1, 0.15) is 58.3 Å². The Hall–Kier alpha value is -1.70. The van der Waals surface area contributed by atoms with Crippen LogP contribution in [0.4, 0.5) is 4.39 Å². The van der Waals surface area contributed by atoms with Gasteiger partial charge in [-0.05, 0) is 38.5 Å². The number of nitrogens with zero attached hydrogens (tertiary/aromatic N) is 2. The molecule has 148 valence electrons. The number of likely N-dealkylation sites (tertiary alicyclic amines) is 2. The smallest absolute Gasteiger partial charge is 0.278 e. The molecular weight excluding hydrogens is 341 g/mol. The highest BCUT2D eigenvalue weighted by atomic mass is 19.1. The number of hydroxylamine groups is 1. The van der Waals surface area contributed by atoms with Crippen molar-refractivity contribution in [2.75, 3.05) is 19.6 Å². The molecule has 2 N–H and O–H groups in total. The Kier molecular flexibility index (Phi) is 7.81. The Balaban J connectivity index is 2.11. The highest BCUT2D eigenvalue weighted by Gasteiger charge is 2.42. The number of hydrogen-bond acceptors (Lipinski definition) is 4. The van der Waals surface area contributed by atoms with Crippen LogP contribution in [0.5, 0.6) is 0 Å². The van der Waals surface area contributed by atoms with Crippen LogP contribution in [-0.4, -0.2) is 64.6 Å². The van der Waals surface area contributed by atoms with E-state index >= 15 is 0 Å². The van der Waals surface area contributed by atoms with Crippen LogP contribution in [0.15, 0.2) is 0 Å². The summed E-state index contributed by atoms with van der Waals surface area (Å²) in [5.41, 5.74) is 1.29. The molecule has 8 heteroatoms. The average molecular weight is 371 g/mol. The molecular formula is C18H30FN3O4. The molecule has 3 amide bonds. The topological polar surface area (TPSA) is 90.0 Å². The summed E-state index contributed by atoms with van der Waals surface area (Å²) in [5.74, 6) is -2.94. The quantitative estimate of drug-likeness (QED) is 0.526. The van der Waals surface area contributed by atoms with Gasteiger partial charge < -0.3 is 9.80 Å². The number of carbonyl (C=O) groups is 3. The lowest BCUT2D eigenvalue weighted by atomic mass is 9.94. The number of halogens is 1. The second-order valence-corrected chi connectivity index (χ2v) is 7.20. The average Bonchev–Trinajstić information content (AvgIpc) is 3.17.